The third kappa shape index (κ3) is 5.24. The molecule has 0 amide bonds. The van der Waals surface area contributed by atoms with E-state index < -0.39 is 0 Å². The van der Waals surface area contributed by atoms with Gasteiger partial charge in [-0.1, -0.05) is 30.3 Å². The molecule has 0 saturated carbocycles. The fourth-order valence-corrected chi connectivity index (χ4v) is 3.54. The van der Waals surface area contributed by atoms with E-state index in [1.807, 2.05) is 17.6 Å². The lowest BCUT2D eigenvalue weighted by atomic mass is 10.2. The molecule has 3 rings (SSSR count). The Hall–Kier alpha value is -1.54. The zero-order chi connectivity index (χ0) is 16.6. The van der Waals surface area contributed by atoms with Crippen LogP contribution in [-0.2, 0) is 11.3 Å². The zero-order valence-electron chi connectivity index (χ0n) is 13.6. The van der Waals surface area contributed by atoms with Crippen LogP contribution >= 0.6 is 23.6 Å². The number of benzene rings is 1. The molecule has 2 heterocycles. The Labute approximate surface area is 151 Å². The molecule has 0 spiro atoms. The van der Waals surface area contributed by atoms with Crippen molar-refractivity contribution >= 4 is 28.7 Å². The molecule has 0 bridgehead atoms. The number of aromatic nitrogens is 1. The predicted molar refractivity (Wildman–Crippen MR) is 101 cm³/mol. The molecule has 1 fully saturated rings. The Bertz CT molecular complexity index is 705. The largest absolute Gasteiger partial charge is 0.379 e. The minimum absolute atomic E-state index is 0.549. The van der Waals surface area contributed by atoms with Crippen LogP contribution in [0.2, 0.25) is 0 Å². The van der Waals surface area contributed by atoms with Crippen LogP contribution in [0.5, 0.6) is 0 Å². The van der Waals surface area contributed by atoms with Gasteiger partial charge in [0.15, 0.2) is 9.91 Å². The minimum atomic E-state index is 0.549. The molecule has 24 heavy (non-hydrogen) atoms. The normalized spacial score (nSPS) is 16.2. The standard InChI is InChI=1S/C17H22N4OS2/c23-16(18-6-7-20-8-11-22-12-9-20)19-17-21(10-13-24-17)14-15-4-2-1-3-5-15/h1-5,10,13H,6-9,11-12,14H2,(H,18,23)/b19-17+. The Morgan fingerprint density at radius 3 is 2.83 bits per heavy atom. The van der Waals surface area contributed by atoms with Gasteiger partial charge >= 0.3 is 0 Å². The monoisotopic (exact) mass is 362 g/mol. The zero-order valence-corrected chi connectivity index (χ0v) is 15.2. The Balaban J connectivity index is 1.53. The molecule has 0 unspecified atom stereocenters. The van der Waals surface area contributed by atoms with E-state index >= 15 is 0 Å². The van der Waals surface area contributed by atoms with Gasteiger partial charge in [-0.25, -0.2) is 0 Å². The van der Waals surface area contributed by atoms with E-state index in [-0.39, 0.29) is 0 Å². The second kappa shape index (κ2) is 9.08. The van der Waals surface area contributed by atoms with Crippen LogP contribution in [-0.4, -0.2) is 54.0 Å². The second-order valence-electron chi connectivity index (χ2n) is 5.60. The summed E-state index contributed by atoms with van der Waals surface area (Å²) in [6.07, 6.45) is 2.05. The van der Waals surface area contributed by atoms with E-state index in [2.05, 4.69) is 44.0 Å². The van der Waals surface area contributed by atoms with Crippen molar-refractivity contribution in [3.8, 4) is 0 Å². The summed E-state index contributed by atoms with van der Waals surface area (Å²) < 4.78 is 7.47. The molecule has 1 saturated heterocycles. The molecule has 7 heteroatoms. The summed E-state index contributed by atoms with van der Waals surface area (Å²) in [7, 11) is 0. The van der Waals surface area contributed by atoms with Crippen LogP contribution < -0.4 is 10.1 Å². The highest BCUT2D eigenvalue weighted by Gasteiger charge is 2.09. The number of hydrogen-bond acceptors (Lipinski definition) is 4. The van der Waals surface area contributed by atoms with E-state index in [0.717, 1.165) is 50.7 Å². The topological polar surface area (TPSA) is 41.8 Å². The van der Waals surface area contributed by atoms with E-state index in [4.69, 9.17) is 17.0 Å². The first-order valence-corrected chi connectivity index (χ1v) is 9.40. The lowest BCUT2D eigenvalue weighted by Gasteiger charge is -2.26. The molecule has 0 atom stereocenters. The highest BCUT2D eigenvalue weighted by Crippen LogP contribution is 2.02. The maximum absolute atomic E-state index is 5.37. The third-order valence-electron chi connectivity index (χ3n) is 3.86. The number of nitrogens with one attached hydrogen (secondary N) is 1. The van der Waals surface area contributed by atoms with Gasteiger partial charge in [0.2, 0.25) is 0 Å². The first-order chi connectivity index (χ1) is 11.8. The SMILES string of the molecule is S=C(/N=c1/sccn1Cc1ccccc1)NCCN1CCOCC1. The Morgan fingerprint density at radius 1 is 1.25 bits per heavy atom. The molecule has 1 N–H and O–H groups in total. The van der Waals surface area contributed by atoms with Crippen LogP contribution in [0.4, 0.5) is 0 Å². The van der Waals surface area contributed by atoms with Crippen LogP contribution in [0.15, 0.2) is 46.9 Å². The highest BCUT2D eigenvalue weighted by atomic mass is 32.1. The molecule has 128 valence electrons. The maximum Gasteiger partial charge on any atom is 0.195 e. The summed E-state index contributed by atoms with van der Waals surface area (Å²) >= 11 is 6.97. The van der Waals surface area contributed by atoms with Gasteiger partial charge in [0, 0.05) is 44.3 Å². The lowest BCUT2D eigenvalue weighted by Crippen LogP contribution is -2.41. The molecule has 2 aromatic rings. The van der Waals surface area contributed by atoms with Crippen molar-refractivity contribution in [1.82, 2.24) is 14.8 Å². The first-order valence-electron chi connectivity index (χ1n) is 8.12. The van der Waals surface area contributed by atoms with Crippen molar-refractivity contribution in [3.05, 3.63) is 52.3 Å². The maximum atomic E-state index is 5.37. The van der Waals surface area contributed by atoms with Gasteiger partial charge in [0.05, 0.1) is 13.2 Å². The van der Waals surface area contributed by atoms with Crippen LogP contribution in [0.1, 0.15) is 5.56 Å². The number of thiocarbonyl (C=S) groups is 1. The smallest absolute Gasteiger partial charge is 0.195 e. The minimum Gasteiger partial charge on any atom is -0.379 e. The first kappa shape index (κ1) is 17.3. The number of hydrogen-bond donors (Lipinski definition) is 1. The summed E-state index contributed by atoms with van der Waals surface area (Å²) in [6, 6.07) is 10.4. The van der Waals surface area contributed by atoms with Gasteiger partial charge in [-0.2, -0.15) is 4.99 Å². The van der Waals surface area contributed by atoms with E-state index in [9.17, 15) is 0 Å². The summed E-state index contributed by atoms with van der Waals surface area (Å²) in [5.74, 6) is 0. The van der Waals surface area contributed by atoms with E-state index in [1.54, 1.807) is 11.3 Å². The Kier molecular flexibility index (Phi) is 6.54. The summed E-state index contributed by atoms with van der Waals surface area (Å²) in [4.78, 5) is 7.85. The molecule has 5 nitrogen and oxygen atoms in total. The van der Waals surface area contributed by atoms with Gasteiger partial charge in [0.1, 0.15) is 0 Å². The van der Waals surface area contributed by atoms with Crippen molar-refractivity contribution in [3.63, 3.8) is 0 Å². The highest BCUT2D eigenvalue weighted by molar-refractivity contribution is 7.80. The van der Waals surface area contributed by atoms with Gasteiger partial charge in [0.25, 0.3) is 0 Å². The molecule has 1 aliphatic rings. The molecule has 1 aliphatic heterocycles. The van der Waals surface area contributed by atoms with Crippen molar-refractivity contribution in [1.29, 1.82) is 0 Å². The summed E-state index contributed by atoms with van der Waals surface area (Å²) in [5, 5.41) is 5.82. The average Bonchev–Trinajstić information content (AvgIpc) is 3.03. The summed E-state index contributed by atoms with van der Waals surface area (Å²) in [5.41, 5.74) is 1.25. The number of thiazole rings is 1. The number of rotatable bonds is 5. The fraction of sp³-hybridized carbons (Fsp3) is 0.412. The molecular formula is C17H22N4OS2. The van der Waals surface area contributed by atoms with Crippen LogP contribution in [0.3, 0.4) is 0 Å². The van der Waals surface area contributed by atoms with Gasteiger partial charge in [-0.05, 0) is 17.8 Å². The van der Waals surface area contributed by atoms with Crippen LogP contribution in [0, 0.1) is 0 Å². The van der Waals surface area contributed by atoms with E-state index in [1.165, 1.54) is 5.56 Å². The summed E-state index contributed by atoms with van der Waals surface area (Å²) in [6.45, 7) is 6.22. The lowest BCUT2D eigenvalue weighted by molar-refractivity contribution is 0.0389. The second-order valence-corrected chi connectivity index (χ2v) is 6.86. The Morgan fingerprint density at radius 2 is 2.04 bits per heavy atom. The van der Waals surface area contributed by atoms with Gasteiger partial charge in [-0.15, -0.1) is 11.3 Å². The van der Waals surface area contributed by atoms with Crippen molar-refractivity contribution in [2.75, 3.05) is 39.4 Å². The van der Waals surface area contributed by atoms with Crippen molar-refractivity contribution < 1.29 is 4.74 Å². The molecule has 0 aliphatic carbocycles. The quantitative estimate of drug-likeness (QED) is 0.822. The average molecular weight is 363 g/mol. The molecule has 0 radical (unpaired) electrons. The molecular weight excluding hydrogens is 340 g/mol. The third-order valence-corrected chi connectivity index (χ3v) is 4.89. The van der Waals surface area contributed by atoms with Crippen LogP contribution in [0.25, 0.3) is 0 Å². The number of nitrogens with zero attached hydrogens (tertiary/aromatic N) is 3. The molecule has 1 aromatic heterocycles. The van der Waals surface area contributed by atoms with E-state index in [0.29, 0.717) is 5.11 Å². The van der Waals surface area contributed by atoms with Crippen molar-refractivity contribution in [2.45, 2.75) is 6.54 Å². The number of morpholine rings is 1. The van der Waals surface area contributed by atoms with Gasteiger partial charge in [-0.3, -0.25) is 4.90 Å². The van der Waals surface area contributed by atoms with Gasteiger partial charge < -0.3 is 14.6 Å². The fourth-order valence-electron chi connectivity index (χ4n) is 2.56. The predicted octanol–water partition coefficient (Wildman–Crippen LogP) is 1.71. The number of ether oxygens (including phenoxy) is 1. The van der Waals surface area contributed by atoms with Crippen molar-refractivity contribution in [2.24, 2.45) is 4.99 Å². The molecule has 1 aromatic carbocycles.